The second-order valence-corrected chi connectivity index (χ2v) is 8.68. The molecule has 0 radical (unpaired) electrons. The SMILES string of the molecule is CC[C@@H](C(=O)N[C@@H](C)c1ccc(C)cc1)N(c1cccc(OC)c1)S(C)(=O)=O. The first-order valence-electron chi connectivity index (χ1n) is 9.17. The minimum Gasteiger partial charge on any atom is -0.497 e. The quantitative estimate of drug-likeness (QED) is 0.731. The van der Waals surface area contributed by atoms with Gasteiger partial charge in [-0.15, -0.1) is 0 Å². The molecule has 0 aromatic heterocycles. The van der Waals surface area contributed by atoms with Crippen molar-refractivity contribution in [3.05, 3.63) is 59.7 Å². The van der Waals surface area contributed by atoms with Crippen LogP contribution in [0.15, 0.2) is 48.5 Å². The normalized spacial score (nSPS) is 13.5. The zero-order chi connectivity index (χ0) is 20.9. The Labute approximate surface area is 167 Å². The van der Waals surface area contributed by atoms with E-state index in [0.29, 0.717) is 17.9 Å². The fourth-order valence-corrected chi connectivity index (χ4v) is 4.26. The molecule has 1 N–H and O–H groups in total. The molecule has 2 aromatic rings. The van der Waals surface area contributed by atoms with Gasteiger partial charge >= 0.3 is 0 Å². The molecule has 6 nitrogen and oxygen atoms in total. The van der Waals surface area contributed by atoms with Crippen molar-refractivity contribution in [2.75, 3.05) is 17.7 Å². The average molecular weight is 405 g/mol. The zero-order valence-corrected chi connectivity index (χ0v) is 17.8. The molecule has 7 heteroatoms. The summed E-state index contributed by atoms with van der Waals surface area (Å²) < 4.78 is 31.4. The van der Waals surface area contributed by atoms with Crippen molar-refractivity contribution in [2.45, 2.75) is 39.3 Å². The Morgan fingerprint density at radius 3 is 2.36 bits per heavy atom. The molecule has 0 fully saturated rings. The predicted octanol–water partition coefficient (Wildman–Crippen LogP) is 3.43. The van der Waals surface area contributed by atoms with Gasteiger partial charge in [-0.3, -0.25) is 9.10 Å². The number of benzene rings is 2. The molecule has 2 atom stereocenters. The molecule has 2 rings (SSSR count). The smallest absolute Gasteiger partial charge is 0.244 e. The molecular weight excluding hydrogens is 376 g/mol. The van der Waals surface area contributed by atoms with Gasteiger partial charge in [-0.05, 0) is 38.0 Å². The highest BCUT2D eigenvalue weighted by Crippen LogP contribution is 2.27. The van der Waals surface area contributed by atoms with E-state index >= 15 is 0 Å². The van der Waals surface area contributed by atoms with Crippen LogP contribution in [-0.4, -0.2) is 33.7 Å². The Kier molecular flexibility index (Phi) is 7.07. The van der Waals surface area contributed by atoms with Gasteiger partial charge in [0.05, 0.1) is 25.1 Å². The van der Waals surface area contributed by atoms with Gasteiger partial charge in [-0.25, -0.2) is 8.42 Å². The highest BCUT2D eigenvalue weighted by molar-refractivity contribution is 7.92. The van der Waals surface area contributed by atoms with Crippen LogP contribution < -0.4 is 14.4 Å². The number of aryl methyl sites for hydroxylation is 1. The van der Waals surface area contributed by atoms with E-state index in [9.17, 15) is 13.2 Å². The summed E-state index contributed by atoms with van der Waals surface area (Å²) in [5, 5.41) is 2.94. The lowest BCUT2D eigenvalue weighted by Gasteiger charge is -2.31. The summed E-state index contributed by atoms with van der Waals surface area (Å²) in [4.78, 5) is 13.0. The molecule has 0 bridgehead atoms. The molecule has 0 saturated heterocycles. The number of rotatable bonds is 8. The molecule has 0 unspecified atom stereocenters. The second-order valence-electron chi connectivity index (χ2n) is 6.83. The van der Waals surface area contributed by atoms with Crippen LogP contribution in [0, 0.1) is 6.92 Å². The number of nitrogens with zero attached hydrogens (tertiary/aromatic N) is 1. The van der Waals surface area contributed by atoms with E-state index in [2.05, 4.69) is 5.32 Å². The van der Waals surface area contributed by atoms with E-state index in [4.69, 9.17) is 4.74 Å². The van der Waals surface area contributed by atoms with Crippen LogP contribution in [0.4, 0.5) is 5.69 Å². The van der Waals surface area contributed by atoms with Gasteiger partial charge in [0, 0.05) is 6.07 Å². The summed E-state index contributed by atoms with van der Waals surface area (Å²) in [6.45, 7) is 5.67. The van der Waals surface area contributed by atoms with E-state index in [1.807, 2.05) is 38.1 Å². The molecule has 0 spiro atoms. The van der Waals surface area contributed by atoms with Crippen LogP contribution in [0.25, 0.3) is 0 Å². The highest BCUT2D eigenvalue weighted by Gasteiger charge is 2.32. The minimum atomic E-state index is -3.69. The molecule has 0 aliphatic carbocycles. The Morgan fingerprint density at radius 1 is 1.18 bits per heavy atom. The third-order valence-electron chi connectivity index (χ3n) is 4.57. The predicted molar refractivity (Wildman–Crippen MR) is 112 cm³/mol. The number of hydrogen-bond acceptors (Lipinski definition) is 4. The van der Waals surface area contributed by atoms with Crippen molar-refractivity contribution in [1.82, 2.24) is 5.32 Å². The van der Waals surface area contributed by atoms with Crippen LogP contribution in [0.3, 0.4) is 0 Å². The fraction of sp³-hybridized carbons (Fsp3) is 0.381. The largest absolute Gasteiger partial charge is 0.497 e. The Bertz CT molecular complexity index is 910. The van der Waals surface area contributed by atoms with Crippen LogP contribution in [0.2, 0.25) is 0 Å². The van der Waals surface area contributed by atoms with Crippen LogP contribution in [0.1, 0.15) is 37.4 Å². The van der Waals surface area contributed by atoms with E-state index < -0.39 is 16.1 Å². The molecule has 1 amide bonds. The van der Waals surface area contributed by atoms with Gasteiger partial charge in [0.25, 0.3) is 0 Å². The number of methoxy groups -OCH3 is 1. The van der Waals surface area contributed by atoms with E-state index in [1.54, 1.807) is 31.2 Å². The Balaban J connectivity index is 2.32. The first-order valence-corrected chi connectivity index (χ1v) is 11.0. The minimum absolute atomic E-state index is 0.242. The summed E-state index contributed by atoms with van der Waals surface area (Å²) in [6.07, 6.45) is 1.43. The van der Waals surface area contributed by atoms with Crippen molar-refractivity contribution in [1.29, 1.82) is 0 Å². The third-order valence-corrected chi connectivity index (χ3v) is 5.75. The lowest BCUT2D eigenvalue weighted by Crippen LogP contribution is -2.49. The van der Waals surface area contributed by atoms with Crippen molar-refractivity contribution in [2.24, 2.45) is 0 Å². The maximum atomic E-state index is 13.0. The second kappa shape index (κ2) is 9.10. The van der Waals surface area contributed by atoms with Crippen LogP contribution in [-0.2, 0) is 14.8 Å². The lowest BCUT2D eigenvalue weighted by atomic mass is 10.1. The van der Waals surface area contributed by atoms with Gasteiger partial charge in [0.2, 0.25) is 15.9 Å². The van der Waals surface area contributed by atoms with Crippen molar-refractivity contribution in [3.8, 4) is 5.75 Å². The van der Waals surface area contributed by atoms with E-state index in [1.165, 1.54) is 7.11 Å². The number of sulfonamides is 1. The van der Waals surface area contributed by atoms with Gasteiger partial charge in [-0.1, -0.05) is 42.8 Å². The molecule has 2 aromatic carbocycles. The summed E-state index contributed by atoms with van der Waals surface area (Å²) >= 11 is 0. The van der Waals surface area contributed by atoms with Crippen molar-refractivity contribution < 1.29 is 17.9 Å². The molecule has 152 valence electrons. The molecule has 28 heavy (non-hydrogen) atoms. The highest BCUT2D eigenvalue weighted by atomic mass is 32.2. The molecular formula is C21H28N2O4S. The van der Waals surface area contributed by atoms with Gasteiger partial charge in [0.15, 0.2) is 0 Å². The number of nitrogens with one attached hydrogen (secondary N) is 1. The molecule has 0 heterocycles. The fourth-order valence-electron chi connectivity index (χ4n) is 3.06. The molecule has 0 aliphatic heterocycles. The number of anilines is 1. The number of amides is 1. The number of carbonyl (C=O) groups excluding carboxylic acids is 1. The summed E-state index contributed by atoms with van der Waals surface area (Å²) in [7, 11) is -2.18. The Hall–Kier alpha value is -2.54. The van der Waals surface area contributed by atoms with Gasteiger partial charge < -0.3 is 10.1 Å². The van der Waals surface area contributed by atoms with Crippen LogP contribution >= 0.6 is 0 Å². The average Bonchev–Trinajstić information content (AvgIpc) is 2.65. The van der Waals surface area contributed by atoms with Crippen molar-refractivity contribution >= 4 is 21.6 Å². The zero-order valence-electron chi connectivity index (χ0n) is 17.0. The topological polar surface area (TPSA) is 75.7 Å². The maximum absolute atomic E-state index is 13.0. The molecule has 0 saturated carbocycles. The maximum Gasteiger partial charge on any atom is 0.244 e. The Morgan fingerprint density at radius 2 is 1.82 bits per heavy atom. The lowest BCUT2D eigenvalue weighted by molar-refractivity contribution is -0.122. The number of carbonyl (C=O) groups is 1. The first kappa shape index (κ1) is 21.8. The van der Waals surface area contributed by atoms with Crippen molar-refractivity contribution in [3.63, 3.8) is 0 Å². The van der Waals surface area contributed by atoms with Gasteiger partial charge in [0.1, 0.15) is 11.8 Å². The number of ether oxygens (including phenoxy) is 1. The summed E-state index contributed by atoms with van der Waals surface area (Å²) in [5.74, 6) is 0.179. The van der Waals surface area contributed by atoms with E-state index in [-0.39, 0.29) is 11.9 Å². The molecule has 0 aliphatic rings. The van der Waals surface area contributed by atoms with E-state index in [0.717, 1.165) is 21.7 Å². The third kappa shape index (κ3) is 5.25. The number of hydrogen-bond donors (Lipinski definition) is 1. The standard InChI is InChI=1S/C21H28N2O4S/c1-6-20(21(24)22-16(3)17-12-10-15(2)11-13-17)23(28(5,25)26)18-8-7-9-19(14-18)27-4/h7-14,16,20H,6H2,1-5H3,(H,22,24)/t16-,20-/m0/s1. The first-order chi connectivity index (χ1) is 13.2. The summed E-state index contributed by atoms with van der Waals surface area (Å²) in [6, 6.07) is 13.5. The van der Waals surface area contributed by atoms with Gasteiger partial charge in [-0.2, -0.15) is 0 Å². The van der Waals surface area contributed by atoms with Crippen LogP contribution in [0.5, 0.6) is 5.75 Å². The summed E-state index contributed by atoms with van der Waals surface area (Å²) in [5.41, 5.74) is 2.49. The monoisotopic (exact) mass is 404 g/mol.